The number of ether oxygens (including phenoxy) is 1. The Hall–Kier alpha value is -4.20. The molecule has 2 N–H and O–H groups in total. The van der Waals surface area contributed by atoms with Crippen LogP contribution in [0, 0.1) is 18.2 Å². The predicted octanol–water partition coefficient (Wildman–Crippen LogP) is -0.695. The fourth-order valence-corrected chi connectivity index (χ4v) is 6.28. The monoisotopic (exact) mass is 598 g/mol. The van der Waals surface area contributed by atoms with Gasteiger partial charge in [0, 0.05) is 40.3 Å². The number of hydrogen-bond donors (Lipinski definition) is 2. The number of morpholine rings is 1. The summed E-state index contributed by atoms with van der Waals surface area (Å²) in [5, 5.41) is 5.36. The Labute approximate surface area is 247 Å². The minimum atomic E-state index is -1.73. The molecule has 4 heterocycles. The molecule has 0 radical (unpaired) electrons. The standard InChI is InChI=1S/C29H35FN6O7/c1-17-14-18(4-5-19(17)30)15-31-22(38)20-21(37)24(40)36-16-28(27(42)35-10-12-43-13-11-35)6-8-29(9-7-28,26(36)32-20)33-23(39)25(41)34(2)3/h4-5,14,20H,6-13,15-16H2,1-3H3,(H,31,38)(H,33,39). The summed E-state index contributed by atoms with van der Waals surface area (Å²) >= 11 is 0. The van der Waals surface area contributed by atoms with Gasteiger partial charge >= 0.3 is 11.8 Å². The Morgan fingerprint density at radius 2 is 1.77 bits per heavy atom. The number of carbonyl (C=O) groups is 6. The van der Waals surface area contributed by atoms with Crippen molar-refractivity contribution in [2.24, 2.45) is 10.4 Å². The van der Waals surface area contributed by atoms with Crippen LogP contribution in [-0.2, 0) is 40.0 Å². The second kappa shape index (κ2) is 11.5. The lowest BCUT2D eigenvalue weighted by molar-refractivity contribution is -0.152. The number of rotatable bonds is 5. The van der Waals surface area contributed by atoms with E-state index in [0.29, 0.717) is 37.4 Å². The molecule has 1 saturated carbocycles. The van der Waals surface area contributed by atoms with Crippen LogP contribution in [-0.4, -0.2) is 114 Å². The van der Waals surface area contributed by atoms with E-state index in [1.165, 1.54) is 26.2 Å². The summed E-state index contributed by atoms with van der Waals surface area (Å²) in [4.78, 5) is 88.0. The molecule has 1 aliphatic carbocycles. The molecule has 1 unspecified atom stereocenters. The van der Waals surface area contributed by atoms with E-state index in [1.54, 1.807) is 17.9 Å². The number of aliphatic imine (C=N–C) groups is 1. The maximum Gasteiger partial charge on any atom is 0.311 e. The maximum absolute atomic E-state index is 13.9. The molecule has 6 rings (SSSR count). The summed E-state index contributed by atoms with van der Waals surface area (Å²) in [6.45, 7) is 2.95. The first-order valence-corrected chi connectivity index (χ1v) is 14.3. The minimum Gasteiger partial charge on any atom is -0.378 e. The highest BCUT2D eigenvalue weighted by molar-refractivity contribution is 6.46. The molecule has 14 heteroatoms. The highest BCUT2D eigenvalue weighted by atomic mass is 19.1. The molecule has 1 aromatic rings. The van der Waals surface area contributed by atoms with Crippen molar-refractivity contribution in [1.29, 1.82) is 0 Å². The van der Waals surface area contributed by atoms with Crippen molar-refractivity contribution in [1.82, 2.24) is 25.3 Å². The molecule has 43 heavy (non-hydrogen) atoms. The number of carbonyl (C=O) groups excluding carboxylic acids is 6. The highest BCUT2D eigenvalue weighted by Crippen LogP contribution is 2.48. The second-order valence-electron chi connectivity index (χ2n) is 11.8. The third-order valence-electron chi connectivity index (χ3n) is 8.80. The SMILES string of the molecule is Cc1cc(CNC(=O)C2N=C3N(CC4(C(=O)N5CCOCC5)CCC3(NC(=O)C(=O)N(C)C)CC4)C(=O)C2=O)ccc1F. The molecule has 230 valence electrons. The van der Waals surface area contributed by atoms with E-state index in [2.05, 4.69) is 15.6 Å². The van der Waals surface area contributed by atoms with Crippen molar-refractivity contribution in [2.45, 2.75) is 50.7 Å². The molecule has 2 bridgehead atoms. The van der Waals surface area contributed by atoms with Crippen LogP contribution in [0.3, 0.4) is 0 Å². The molecule has 3 saturated heterocycles. The van der Waals surface area contributed by atoms with Crippen LogP contribution in [0.15, 0.2) is 23.2 Å². The van der Waals surface area contributed by atoms with Crippen LogP contribution >= 0.6 is 0 Å². The molecule has 4 fully saturated rings. The van der Waals surface area contributed by atoms with E-state index >= 15 is 0 Å². The number of ketones is 1. The molecular formula is C29H35FN6O7. The van der Waals surface area contributed by atoms with Gasteiger partial charge in [0.05, 0.1) is 24.2 Å². The van der Waals surface area contributed by atoms with Crippen molar-refractivity contribution in [3.63, 3.8) is 0 Å². The third kappa shape index (κ3) is 5.51. The van der Waals surface area contributed by atoms with Gasteiger partial charge in [-0.3, -0.25) is 33.7 Å². The van der Waals surface area contributed by atoms with Crippen LogP contribution in [0.1, 0.15) is 36.8 Å². The van der Waals surface area contributed by atoms with E-state index in [0.717, 1.165) is 9.80 Å². The Balaban J connectivity index is 1.49. The van der Waals surface area contributed by atoms with Gasteiger partial charge in [-0.05, 0) is 49.8 Å². The number of amides is 5. The molecule has 4 aliphatic heterocycles. The highest BCUT2D eigenvalue weighted by Gasteiger charge is 2.60. The molecule has 5 aliphatic rings. The minimum absolute atomic E-state index is 0.0102. The number of fused-ring (bicyclic) bond motifs is 2. The van der Waals surface area contributed by atoms with Crippen molar-refractivity contribution < 1.29 is 37.9 Å². The first kappa shape index (κ1) is 30.3. The van der Waals surface area contributed by atoms with Crippen molar-refractivity contribution in [3.05, 3.63) is 35.1 Å². The van der Waals surface area contributed by atoms with Gasteiger partial charge in [0.1, 0.15) is 11.7 Å². The van der Waals surface area contributed by atoms with Crippen LogP contribution in [0.5, 0.6) is 0 Å². The van der Waals surface area contributed by atoms with E-state index in [1.807, 2.05) is 0 Å². The van der Waals surface area contributed by atoms with Gasteiger partial charge < -0.3 is 25.2 Å². The number of benzene rings is 1. The zero-order valence-corrected chi connectivity index (χ0v) is 24.4. The first-order chi connectivity index (χ1) is 20.4. The molecule has 13 nitrogen and oxygen atoms in total. The number of nitrogens with zero attached hydrogens (tertiary/aromatic N) is 4. The quantitative estimate of drug-likeness (QED) is 0.335. The van der Waals surface area contributed by atoms with Gasteiger partial charge in [-0.1, -0.05) is 12.1 Å². The number of aryl methyl sites for hydroxylation is 1. The topological polar surface area (TPSA) is 158 Å². The van der Waals surface area contributed by atoms with E-state index < -0.39 is 52.2 Å². The summed E-state index contributed by atoms with van der Waals surface area (Å²) in [7, 11) is 2.85. The third-order valence-corrected chi connectivity index (χ3v) is 8.80. The zero-order valence-electron chi connectivity index (χ0n) is 24.4. The molecule has 5 amide bonds. The Bertz CT molecular complexity index is 1410. The number of halogens is 1. The smallest absolute Gasteiger partial charge is 0.311 e. The van der Waals surface area contributed by atoms with E-state index in [4.69, 9.17) is 4.74 Å². The summed E-state index contributed by atoms with van der Waals surface area (Å²) < 4.78 is 19.1. The fourth-order valence-electron chi connectivity index (χ4n) is 6.28. The molecular weight excluding hydrogens is 563 g/mol. The average molecular weight is 599 g/mol. The lowest BCUT2D eigenvalue weighted by Crippen LogP contribution is -2.65. The van der Waals surface area contributed by atoms with Gasteiger partial charge in [0.2, 0.25) is 5.91 Å². The summed E-state index contributed by atoms with van der Waals surface area (Å²) in [5.41, 5.74) is -1.44. The summed E-state index contributed by atoms with van der Waals surface area (Å²) in [6, 6.07) is 2.58. The Morgan fingerprint density at radius 3 is 2.40 bits per heavy atom. The van der Waals surface area contributed by atoms with Crippen LogP contribution in [0.4, 0.5) is 4.39 Å². The Kier molecular flexibility index (Phi) is 8.07. The van der Waals surface area contributed by atoms with Gasteiger partial charge in [-0.25, -0.2) is 9.38 Å². The van der Waals surface area contributed by atoms with Gasteiger partial charge in [0.15, 0.2) is 6.04 Å². The number of likely N-dealkylation sites (N-methyl/N-ethyl adjacent to an activating group) is 1. The predicted molar refractivity (Wildman–Crippen MR) is 149 cm³/mol. The van der Waals surface area contributed by atoms with E-state index in [-0.39, 0.29) is 50.5 Å². The molecule has 0 aromatic heterocycles. The number of hydrogen-bond acceptors (Lipinski definition) is 8. The zero-order chi connectivity index (χ0) is 31.1. The van der Waals surface area contributed by atoms with Crippen LogP contribution in [0.2, 0.25) is 0 Å². The largest absolute Gasteiger partial charge is 0.378 e. The van der Waals surface area contributed by atoms with Gasteiger partial charge in [0.25, 0.3) is 17.6 Å². The van der Waals surface area contributed by atoms with Crippen molar-refractivity contribution in [2.75, 3.05) is 46.9 Å². The summed E-state index contributed by atoms with van der Waals surface area (Å²) in [6.07, 6.45) is 0.847. The number of nitrogens with one attached hydrogen (secondary N) is 2. The van der Waals surface area contributed by atoms with Gasteiger partial charge in [-0.2, -0.15) is 0 Å². The fraction of sp³-hybridized carbons (Fsp3) is 0.552. The van der Waals surface area contributed by atoms with Crippen LogP contribution in [0.25, 0.3) is 0 Å². The average Bonchev–Trinajstić information content (AvgIpc) is 3.22. The Morgan fingerprint density at radius 1 is 1.09 bits per heavy atom. The van der Waals surface area contributed by atoms with Crippen molar-refractivity contribution >= 4 is 41.2 Å². The number of amidine groups is 1. The van der Waals surface area contributed by atoms with Crippen molar-refractivity contribution in [3.8, 4) is 0 Å². The second-order valence-corrected chi connectivity index (χ2v) is 11.8. The van der Waals surface area contributed by atoms with Gasteiger partial charge in [-0.15, -0.1) is 0 Å². The lowest BCUT2D eigenvalue weighted by atomic mass is 9.67. The molecule has 1 aromatic carbocycles. The number of Topliss-reactive ketones (excluding diaryl/α,β-unsaturated/α-hetero) is 1. The summed E-state index contributed by atoms with van der Waals surface area (Å²) in [5.74, 6) is -5.26. The maximum atomic E-state index is 13.9. The van der Waals surface area contributed by atoms with E-state index in [9.17, 15) is 33.2 Å². The normalized spacial score (nSPS) is 26.7. The van der Waals surface area contributed by atoms with Crippen LogP contribution < -0.4 is 10.6 Å². The first-order valence-electron chi connectivity index (χ1n) is 14.3. The molecule has 0 spiro atoms. The lowest BCUT2D eigenvalue weighted by Gasteiger charge is -2.43. The molecule has 1 atom stereocenters.